The summed E-state index contributed by atoms with van der Waals surface area (Å²) in [6.07, 6.45) is -22.3. The number of fused-ring (bicyclic) bond motifs is 8. The van der Waals surface area contributed by atoms with Crippen molar-refractivity contribution < 1.29 is 153 Å². The van der Waals surface area contributed by atoms with E-state index >= 15 is 0 Å². The molecule has 12 rings (SSSR count). The second-order valence-electron chi connectivity index (χ2n) is 31.1. The van der Waals surface area contributed by atoms with Crippen molar-refractivity contribution in [1.82, 2.24) is 19.9 Å². The van der Waals surface area contributed by atoms with Crippen LogP contribution < -0.4 is 21.3 Å². The second kappa shape index (κ2) is 42.8. The number of nitrogens with zero attached hydrogens (tertiary/aromatic N) is 2. The summed E-state index contributed by atoms with van der Waals surface area (Å²) in [6.45, 7) is 12.3. The summed E-state index contributed by atoms with van der Waals surface area (Å²) in [5, 5.41) is 38.6. The molecule has 5 aliphatic heterocycles. The first-order valence-corrected chi connectivity index (χ1v) is 41.7. The van der Waals surface area contributed by atoms with Gasteiger partial charge in [-0.3, -0.25) is 72.1 Å². The summed E-state index contributed by atoms with van der Waals surface area (Å²) >= 11 is 0. The summed E-state index contributed by atoms with van der Waals surface area (Å²) in [5.74, 6) is -11.1. The molecule has 698 valence electrons. The third-order valence-corrected chi connectivity index (χ3v) is 21.1. The van der Waals surface area contributed by atoms with Crippen LogP contribution in [0, 0.1) is 0 Å². The second-order valence-corrected chi connectivity index (χ2v) is 31.1. The van der Waals surface area contributed by atoms with Gasteiger partial charge in [0.05, 0.1) is 29.9 Å². The van der Waals surface area contributed by atoms with Gasteiger partial charge in [0.25, 0.3) is 0 Å². The highest BCUT2D eigenvalue weighted by atomic mass is 16.8. The van der Waals surface area contributed by atoms with Crippen molar-refractivity contribution >= 4 is 140 Å². The highest BCUT2D eigenvalue weighted by molar-refractivity contribution is 5.99. The van der Waals surface area contributed by atoms with E-state index in [-0.39, 0.29) is 67.3 Å². The molecule has 1 amide bonds. The number of aromatic amines is 2. The zero-order valence-corrected chi connectivity index (χ0v) is 73.8. The van der Waals surface area contributed by atoms with Crippen LogP contribution >= 0.6 is 0 Å². The molecule has 132 heavy (non-hydrogen) atoms. The quantitative estimate of drug-likeness (QED) is 0.0154. The Kier molecular flexibility index (Phi) is 31.3. The minimum Gasteiger partial charge on any atom is -0.469 e. The number of benzene rings is 4. The molecule has 0 saturated carbocycles. The Bertz CT molecular complexity index is 5760. The van der Waals surface area contributed by atoms with Gasteiger partial charge in [0.1, 0.15) is 30.5 Å². The van der Waals surface area contributed by atoms with E-state index in [0.29, 0.717) is 89.6 Å². The molecule has 2 unspecified atom stereocenters. The number of hydrogen-bond donors (Lipinski definition) is 8. The number of aliphatic hydroxyl groups excluding tert-OH is 2. The lowest BCUT2D eigenvalue weighted by molar-refractivity contribution is -0.293. The van der Waals surface area contributed by atoms with Gasteiger partial charge in [-0.15, -0.1) is 0 Å². The van der Waals surface area contributed by atoms with Gasteiger partial charge in [-0.1, -0.05) is 48.5 Å². The van der Waals surface area contributed by atoms with Gasteiger partial charge >= 0.3 is 77.6 Å². The average Bonchev–Trinajstić information content (AvgIpc) is 1.55. The maximum atomic E-state index is 13.3. The first-order chi connectivity index (χ1) is 62.9. The molecule has 0 radical (unpaired) electrons. The van der Waals surface area contributed by atoms with E-state index in [1.807, 2.05) is 0 Å². The van der Waals surface area contributed by atoms with Crippen LogP contribution in [-0.4, -0.2) is 233 Å². The number of hydrogen-bond acceptors (Lipinski definition) is 37. The van der Waals surface area contributed by atoms with Crippen LogP contribution in [0.1, 0.15) is 137 Å². The van der Waals surface area contributed by atoms with Gasteiger partial charge in [0, 0.05) is 183 Å². The molecule has 4 aromatic carbocycles. The molecule has 3 saturated heterocycles. The molecule has 17 atom stereocenters. The standard InChI is InChI=1S/C92H98N8O32/c1-42(101)118-81-68(130-90(127-51(10)110)87(124-48(7)107)84(81)121-45(4)104)39-93-58-25-17-54(18-26-58)73-62-33-34-63(97-62)74(55-23-31-61(32-24-55)96-71(113)15-14-16-72(114)117-13)65-36-38-67(99-65)76(57-21-29-60(30-22-57)95-41-70-83(120-44(3)103)86(123-47(6)106)89(126-50(9)109)92(132-70)129-53(12)112)78-80(116)79(115)77(100-78)75(66-37-35-64(73)98-66)56-19-27-59(28-20-56)94-40-69-82(119-43(2)102)85(122-46(5)105)88(125-49(8)108)91(131-69)128-52(11)111/h17-38,68-70,79-95,98-99,115-116H,14-16,39-41H2,1-13H3,(H,96,113)/t68-,69-,70-,79?,80?,81-,82-,83-,84+,85+,86+,87-,88-,89-,90-,91-,92-/m1/s1. The Morgan fingerprint density at radius 2 is 0.576 bits per heavy atom. The molecule has 40 nitrogen and oxygen atoms in total. The number of methoxy groups -OCH3 is 1. The van der Waals surface area contributed by atoms with E-state index in [4.69, 9.17) is 85.8 Å². The van der Waals surface area contributed by atoms with E-state index in [2.05, 4.69) is 31.2 Å². The molecule has 3 fully saturated rings. The number of ether oxygens (including phenoxy) is 16. The van der Waals surface area contributed by atoms with E-state index in [1.165, 1.54) is 7.11 Å². The number of aliphatic hydroxyl groups is 2. The number of carbonyl (C=O) groups is 14. The average molecular weight is 1830 g/mol. The smallest absolute Gasteiger partial charge is 0.305 e. The fourth-order valence-corrected chi connectivity index (χ4v) is 15.9. The molecule has 8 bridgehead atoms. The van der Waals surface area contributed by atoms with Crippen molar-refractivity contribution in [3.05, 3.63) is 144 Å². The van der Waals surface area contributed by atoms with Crippen molar-refractivity contribution in [2.45, 2.75) is 207 Å². The maximum absolute atomic E-state index is 13.3. The summed E-state index contributed by atoms with van der Waals surface area (Å²) in [6, 6.07) is 34.3. The van der Waals surface area contributed by atoms with Crippen LogP contribution in [0.2, 0.25) is 0 Å². The molecule has 8 heterocycles. The van der Waals surface area contributed by atoms with Gasteiger partial charge in [0.2, 0.25) is 43.1 Å². The lowest BCUT2D eigenvalue weighted by Crippen LogP contribution is -2.63. The van der Waals surface area contributed by atoms with E-state index < -0.39 is 182 Å². The minimum absolute atomic E-state index is 0.00831. The summed E-state index contributed by atoms with van der Waals surface area (Å²) in [5.41, 5.74) is 7.16. The Balaban J connectivity index is 1.03. The zero-order chi connectivity index (χ0) is 95.2. The van der Waals surface area contributed by atoms with E-state index in [1.54, 1.807) is 133 Å². The normalized spacial score (nSPS) is 22.9. The number of nitrogens with one attached hydrogen (secondary N) is 6. The van der Waals surface area contributed by atoms with Crippen LogP contribution in [-0.2, 0) is 143 Å². The predicted octanol–water partition coefficient (Wildman–Crippen LogP) is 8.69. The highest BCUT2D eigenvalue weighted by Gasteiger charge is 2.57. The molecule has 3 aromatic heterocycles. The van der Waals surface area contributed by atoms with E-state index in [0.717, 1.165) is 83.1 Å². The summed E-state index contributed by atoms with van der Waals surface area (Å²) < 4.78 is 90.2. The fraction of sp³-hybridized carbons (Fsp3) is 0.391. The topological polar surface area (TPSA) is 533 Å². The molecular weight excluding hydrogens is 1730 g/mol. The number of anilines is 4. The lowest BCUT2D eigenvalue weighted by atomic mass is 9.96. The van der Waals surface area contributed by atoms with Crippen molar-refractivity contribution in [3.63, 3.8) is 0 Å². The van der Waals surface area contributed by atoms with Gasteiger partial charge in [0.15, 0.2) is 36.6 Å². The molecule has 7 aromatic rings. The van der Waals surface area contributed by atoms with Gasteiger partial charge in [-0.05, 0) is 114 Å². The minimum atomic E-state index is -1.82. The highest BCUT2D eigenvalue weighted by Crippen LogP contribution is 2.46. The van der Waals surface area contributed by atoms with Crippen molar-refractivity contribution in [3.8, 4) is 44.5 Å². The van der Waals surface area contributed by atoms with Gasteiger partial charge in [-0.2, -0.15) is 0 Å². The molecule has 5 aliphatic rings. The van der Waals surface area contributed by atoms with Gasteiger partial charge in [-0.25, -0.2) is 4.98 Å². The largest absolute Gasteiger partial charge is 0.469 e. The van der Waals surface area contributed by atoms with E-state index in [9.17, 15) is 77.3 Å². The Morgan fingerprint density at radius 1 is 0.318 bits per heavy atom. The summed E-state index contributed by atoms with van der Waals surface area (Å²) in [4.78, 5) is 195. The molecule has 0 aliphatic carbocycles. The van der Waals surface area contributed by atoms with Crippen LogP contribution in [0.4, 0.5) is 22.7 Å². The number of H-pyrrole nitrogens is 2. The number of carbonyl (C=O) groups excluding carboxylic acids is 14. The molecular formula is C92H98N8O32. The van der Waals surface area contributed by atoms with Crippen molar-refractivity contribution in [2.75, 3.05) is 48.0 Å². The Morgan fingerprint density at radius 3 is 0.856 bits per heavy atom. The Hall–Kier alpha value is -14.5. The number of amides is 1. The van der Waals surface area contributed by atoms with Crippen LogP contribution in [0.15, 0.2) is 121 Å². The van der Waals surface area contributed by atoms with Gasteiger partial charge < -0.3 is 117 Å². The number of esters is 13. The SMILES string of the molecule is COC(=O)CCCC(=O)Nc1ccc(-c2c3nc(c(-c4ccc(NC[C@H]5O[C@@H](OC(C)=O)[C@H](OC(C)=O)[C@@H](OC(C)=O)[C@@H]5OC(C)=O)cc4)c4ccc([nH]4)c(-c4ccc(NC[C@H]5O[C@@H](OC(C)=O)[C@H](OC(C)=O)[C@@H](OC(C)=O)[C@@H]5OC(C)=O)cc4)c4nc(c(-c5ccc(NC[C@H]6O[C@@H](OC(C)=O)[C@H](OC(C)=O)[C@@H](OC(C)=O)[C@@H]6OC(C)=O)cc5)c5ccc2[nH]5)C(O)C4O)C=C3)cc1. The van der Waals surface area contributed by atoms with Crippen LogP contribution in [0.5, 0.6) is 0 Å². The third kappa shape index (κ3) is 23.9. The Labute approximate surface area is 753 Å². The first kappa shape index (κ1) is 96.6. The molecule has 0 spiro atoms. The zero-order valence-electron chi connectivity index (χ0n) is 73.8. The predicted molar refractivity (Wildman–Crippen MR) is 463 cm³/mol. The van der Waals surface area contributed by atoms with Crippen LogP contribution in [0.25, 0.3) is 78.7 Å². The van der Waals surface area contributed by atoms with Crippen molar-refractivity contribution in [1.29, 1.82) is 0 Å². The third-order valence-electron chi connectivity index (χ3n) is 21.1. The van der Waals surface area contributed by atoms with Crippen LogP contribution in [0.3, 0.4) is 0 Å². The van der Waals surface area contributed by atoms with Crippen molar-refractivity contribution in [2.24, 2.45) is 0 Å². The molecule has 8 N–H and O–H groups in total. The number of rotatable bonds is 30. The number of aromatic nitrogens is 4. The monoisotopic (exact) mass is 1830 g/mol. The lowest BCUT2D eigenvalue weighted by Gasteiger charge is -2.43. The first-order valence-electron chi connectivity index (χ1n) is 41.7. The summed E-state index contributed by atoms with van der Waals surface area (Å²) in [7, 11) is 1.26. The fourth-order valence-electron chi connectivity index (χ4n) is 15.9. The molecule has 40 heteroatoms. The maximum Gasteiger partial charge on any atom is 0.305 e.